The zero-order chi connectivity index (χ0) is 17.5. The zero-order valence-corrected chi connectivity index (χ0v) is 15.0. The number of hydrogen-bond donors (Lipinski definition) is 1. The second-order valence-corrected chi connectivity index (χ2v) is 7.58. The molecule has 24 heavy (non-hydrogen) atoms. The fourth-order valence-electron chi connectivity index (χ4n) is 3.21. The Morgan fingerprint density at radius 1 is 1.42 bits per heavy atom. The second kappa shape index (κ2) is 6.22. The van der Waals surface area contributed by atoms with Gasteiger partial charge in [-0.1, -0.05) is 31.5 Å². The number of carbonyl (C=O) groups is 1. The highest BCUT2D eigenvalue weighted by Gasteiger charge is 2.36. The molecule has 1 aromatic carbocycles. The Labute approximate surface area is 147 Å². The molecule has 2 heterocycles. The molecule has 1 unspecified atom stereocenters. The molecule has 2 aromatic rings. The van der Waals surface area contributed by atoms with Gasteiger partial charge in [-0.05, 0) is 37.0 Å². The van der Waals surface area contributed by atoms with Gasteiger partial charge in [-0.25, -0.2) is 4.68 Å². The lowest BCUT2D eigenvalue weighted by molar-refractivity contribution is 0.0532. The predicted octanol–water partition coefficient (Wildman–Crippen LogP) is 3.03. The topological polar surface area (TPSA) is 64.2 Å². The highest BCUT2D eigenvalue weighted by atomic mass is 35.5. The first-order valence-corrected chi connectivity index (χ1v) is 8.53. The van der Waals surface area contributed by atoms with E-state index in [-0.39, 0.29) is 17.4 Å². The van der Waals surface area contributed by atoms with Crippen LogP contribution in [-0.2, 0) is 0 Å². The first-order chi connectivity index (χ1) is 11.3. The molecule has 3 rings (SSSR count). The van der Waals surface area contributed by atoms with E-state index in [2.05, 4.69) is 18.9 Å². The number of halogens is 1. The first kappa shape index (κ1) is 17.0. The van der Waals surface area contributed by atoms with Crippen molar-refractivity contribution in [1.82, 2.24) is 14.7 Å². The van der Waals surface area contributed by atoms with Crippen LogP contribution in [0.4, 0.5) is 0 Å². The largest absolute Gasteiger partial charge is 0.338 e. The number of piperidine rings is 1. The minimum absolute atomic E-state index is 0.0146. The summed E-state index contributed by atoms with van der Waals surface area (Å²) in [7, 11) is 0. The van der Waals surface area contributed by atoms with E-state index in [0.717, 1.165) is 17.8 Å². The quantitative estimate of drug-likeness (QED) is 0.909. The average molecular weight is 347 g/mol. The molecule has 1 saturated heterocycles. The summed E-state index contributed by atoms with van der Waals surface area (Å²) in [5, 5.41) is 5.02. The Bertz CT molecular complexity index is 768. The number of hydrogen-bond acceptors (Lipinski definition) is 3. The van der Waals surface area contributed by atoms with Gasteiger partial charge >= 0.3 is 0 Å². The molecule has 0 aliphatic carbocycles. The fourth-order valence-corrected chi connectivity index (χ4v) is 3.39. The number of carbonyl (C=O) groups excluding carboxylic acids is 1. The summed E-state index contributed by atoms with van der Waals surface area (Å²) in [5.41, 5.74) is 8.38. The van der Waals surface area contributed by atoms with Gasteiger partial charge in [-0.3, -0.25) is 4.79 Å². The molecular weight excluding hydrogens is 324 g/mol. The van der Waals surface area contributed by atoms with Gasteiger partial charge in [0.1, 0.15) is 0 Å². The van der Waals surface area contributed by atoms with Crippen LogP contribution in [0.2, 0.25) is 5.02 Å². The maximum absolute atomic E-state index is 12.9. The minimum Gasteiger partial charge on any atom is -0.338 e. The van der Waals surface area contributed by atoms with Gasteiger partial charge in [0.05, 0.1) is 23.1 Å². The van der Waals surface area contributed by atoms with Crippen LogP contribution in [0.25, 0.3) is 5.69 Å². The third-order valence-electron chi connectivity index (χ3n) is 4.89. The standard InChI is InChI=1S/C18H23ClN4O/c1-12-15(10-21-23(12)14-6-4-5-13(19)9-14)17(24)22-8-7-16(20)18(2,3)11-22/h4-6,9-10,16H,7-8,11,20H2,1-3H3. The summed E-state index contributed by atoms with van der Waals surface area (Å²) in [4.78, 5) is 14.8. The van der Waals surface area contributed by atoms with Crippen molar-refractivity contribution < 1.29 is 4.79 Å². The normalized spacial score (nSPS) is 20.2. The molecule has 1 aromatic heterocycles. The molecule has 1 fully saturated rings. The molecule has 1 atom stereocenters. The third-order valence-corrected chi connectivity index (χ3v) is 5.13. The van der Waals surface area contributed by atoms with Crippen LogP contribution in [0.3, 0.4) is 0 Å². The van der Waals surface area contributed by atoms with E-state index in [9.17, 15) is 4.79 Å². The van der Waals surface area contributed by atoms with E-state index in [1.807, 2.05) is 36.1 Å². The van der Waals surface area contributed by atoms with Gasteiger partial charge < -0.3 is 10.6 Å². The van der Waals surface area contributed by atoms with Crippen LogP contribution in [-0.4, -0.2) is 39.7 Å². The molecule has 2 N–H and O–H groups in total. The molecule has 1 aliphatic rings. The predicted molar refractivity (Wildman–Crippen MR) is 95.6 cm³/mol. The van der Waals surface area contributed by atoms with Crippen molar-refractivity contribution in [2.75, 3.05) is 13.1 Å². The molecule has 0 saturated carbocycles. The van der Waals surface area contributed by atoms with E-state index < -0.39 is 0 Å². The molecule has 0 bridgehead atoms. The summed E-state index contributed by atoms with van der Waals surface area (Å²) < 4.78 is 1.75. The van der Waals surface area contributed by atoms with Crippen molar-refractivity contribution in [2.24, 2.45) is 11.1 Å². The van der Waals surface area contributed by atoms with E-state index in [0.29, 0.717) is 23.7 Å². The summed E-state index contributed by atoms with van der Waals surface area (Å²) >= 11 is 6.06. The van der Waals surface area contributed by atoms with Gasteiger partial charge in [0, 0.05) is 24.2 Å². The maximum atomic E-state index is 12.9. The van der Waals surface area contributed by atoms with Crippen molar-refractivity contribution in [3.8, 4) is 5.69 Å². The second-order valence-electron chi connectivity index (χ2n) is 7.15. The number of likely N-dealkylation sites (tertiary alicyclic amines) is 1. The molecular formula is C18H23ClN4O. The Morgan fingerprint density at radius 3 is 2.83 bits per heavy atom. The zero-order valence-electron chi connectivity index (χ0n) is 14.3. The van der Waals surface area contributed by atoms with Crippen LogP contribution in [0.5, 0.6) is 0 Å². The van der Waals surface area contributed by atoms with Crippen LogP contribution >= 0.6 is 11.6 Å². The van der Waals surface area contributed by atoms with Gasteiger partial charge in [-0.15, -0.1) is 0 Å². The summed E-state index contributed by atoms with van der Waals surface area (Å²) in [6.07, 6.45) is 2.46. The van der Waals surface area contributed by atoms with Gasteiger partial charge in [0.25, 0.3) is 5.91 Å². The number of nitrogens with two attached hydrogens (primary N) is 1. The number of rotatable bonds is 2. The lowest BCUT2D eigenvalue weighted by Crippen LogP contribution is -2.54. The Kier molecular flexibility index (Phi) is 4.40. The van der Waals surface area contributed by atoms with Crippen molar-refractivity contribution in [3.05, 3.63) is 46.7 Å². The smallest absolute Gasteiger partial charge is 0.257 e. The van der Waals surface area contributed by atoms with E-state index in [4.69, 9.17) is 17.3 Å². The average Bonchev–Trinajstić information content (AvgIpc) is 2.91. The van der Waals surface area contributed by atoms with Crippen molar-refractivity contribution in [1.29, 1.82) is 0 Å². The number of amides is 1. The van der Waals surface area contributed by atoms with Crippen molar-refractivity contribution in [2.45, 2.75) is 33.2 Å². The Morgan fingerprint density at radius 2 is 2.17 bits per heavy atom. The van der Waals surface area contributed by atoms with Crippen molar-refractivity contribution in [3.63, 3.8) is 0 Å². The molecule has 1 aliphatic heterocycles. The van der Waals surface area contributed by atoms with Gasteiger partial charge in [-0.2, -0.15) is 5.10 Å². The number of benzene rings is 1. The van der Waals surface area contributed by atoms with Crippen LogP contribution in [0.1, 0.15) is 36.3 Å². The summed E-state index contributed by atoms with van der Waals surface area (Å²) in [6, 6.07) is 7.56. The monoisotopic (exact) mass is 346 g/mol. The summed E-state index contributed by atoms with van der Waals surface area (Å²) in [6.45, 7) is 7.47. The molecule has 5 nitrogen and oxygen atoms in total. The SMILES string of the molecule is Cc1c(C(=O)N2CCC(N)C(C)(C)C2)cnn1-c1cccc(Cl)c1. The summed E-state index contributed by atoms with van der Waals surface area (Å²) in [5.74, 6) is 0.0146. The molecule has 6 heteroatoms. The van der Waals surface area contributed by atoms with Crippen molar-refractivity contribution >= 4 is 17.5 Å². The van der Waals surface area contributed by atoms with Gasteiger partial charge in [0.15, 0.2) is 0 Å². The number of nitrogens with zero attached hydrogens (tertiary/aromatic N) is 3. The third kappa shape index (κ3) is 3.06. The van der Waals surface area contributed by atoms with Gasteiger partial charge in [0.2, 0.25) is 0 Å². The lowest BCUT2D eigenvalue weighted by atomic mass is 9.79. The van der Waals surface area contributed by atoms with E-state index in [1.165, 1.54) is 0 Å². The highest BCUT2D eigenvalue weighted by Crippen LogP contribution is 2.29. The lowest BCUT2D eigenvalue weighted by Gasteiger charge is -2.42. The molecule has 1 amide bonds. The minimum atomic E-state index is -0.0786. The van der Waals surface area contributed by atoms with Crippen LogP contribution in [0.15, 0.2) is 30.5 Å². The maximum Gasteiger partial charge on any atom is 0.257 e. The molecule has 0 spiro atoms. The Hall–Kier alpha value is -1.85. The number of aromatic nitrogens is 2. The Balaban J connectivity index is 1.87. The molecule has 0 radical (unpaired) electrons. The first-order valence-electron chi connectivity index (χ1n) is 8.15. The van der Waals surface area contributed by atoms with Crippen LogP contribution < -0.4 is 5.73 Å². The fraction of sp³-hybridized carbons (Fsp3) is 0.444. The van der Waals surface area contributed by atoms with E-state index >= 15 is 0 Å². The molecule has 128 valence electrons. The van der Waals surface area contributed by atoms with E-state index in [1.54, 1.807) is 10.9 Å². The highest BCUT2D eigenvalue weighted by molar-refractivity contribution is 6.30. The van der Waals surface area contributed by atoms with Crippen LogP contribution in [0, 0.1) is 12.3 Å².